The second-order valence-corrected chi connectivity index (χ2v) is 6.04. The second kappa shape index (κ2) is 7.16. The fourth-order valence-electron chi connectivity index (χ4n) is 2.31. The first kappa shape index (κ1) is 16.7. The SMILES string of the molecule is COC(=O)c1cc(C=C(C#N)c2nc(-c3ccccc3)cs2)oc1C. The average molecular weight is 350 g/mol. The van der Waals surface area contributed by atoms with Gasteiger partial charge in [0.1, 0.15) is 28.2 Å². The lowest BCUT2D eigenvalue weighted by molar-refractivity contribution is 0.0599. The summed E-state index contributed by atoms with van der Waals surface area (Å²) in [6, 6.07) is 13.4. The first-order chi connectivity index (χ1) is 12.1. The van der Waals surface area contributed by atoms with E-state index in [1.54, 1.807) is 19.1 Å². The van der Waals surface area contributed by atoms with Gasteiger partial charge in [-0.1, -0.05) is 30.3 Å². The number of benzene rings is 1. The van der Waals surface area contributed by atoms with Gasteiger partial charge in [-0.05, 0) is 13.0 Å². The highest BCUT2D eigenvalue weighted by Crippen LogP contribution is 2.28. The maximum Gasteiger partial charge on any atom is 0.341 e. The first-order valence-electron chi connectivity index (χ1n) is 7.44. The number of thiazole rings is 1. The number of ether oxygens (including phenoxy) is 1. The summed E-state index contributed by atoms with van der Waals surface area (Å²) in [4.78, 5) is 16.2. The maximum absolute atomic E-state index is 11.7. The third kappa shape index (κ3) is 3.52. The number of carbonyl (C=O) groups excluding carboxylic acids is 1. The molecule has 0 unspecified atom stereocenters. The fourth-order valence-corrected chi connectivity index (χ4v) is 3.11. The molecule has 2 heterocycles. The van der Waals surface area contributed by atoms with Crippen LogP contribution < -0.4 is 0 Å². The topological polar surface area (TPSA) is 76.1 Å². The number of esters is 1. The Bertz CT molecular complexity index is 978. The van der Waals surface area contributed by atoms with Gasteiger partial charge in [-0.3, -0.25) is 0 Å². The van der Waals surface area contributed by atoms with Crippen LogP contribution in [0.4, 0.5) is 0 Å². The number of hydrogen-bond acceptors (Lipinski definition) is 6. The molecule has 3 rings (SSSR count). The van der Waals surface area contributed by atoms with Gasteiger partial charge in [0.25, 0.3) is 0 Å². The predicted octanol–water partition coefficient (Wildman–Crippen LogP) is 4.56. The van der Waals surface area contributed by atoms with Crippen molar-refractivity contribution in [3.63, 3.8) is 0 Å². The van der Waals surface area contributed by atoms with Crippen LogP contribution in [0.2, 0.25) is 0 Å². The molecule has 0 aliphatic rings. The Labute approximate surface area is 148 Å². The second-order valence-electron chi connectivity index (χ2n) is 5.18. The van der Waals surface area contributed by atoms with Crippen LogP contribution in [0.25, 0.3) is 22.9 Å². The molecule has 0 spiro atoms. The van der Waals surface area contributed by atoms with Crippen molar-refractivity contribution in [1.82, 2.24) is 4.98 Å². The highest BCUT2D eigenvalue weighted by atomic mass is 32.1. The molecule has 124 valence electrons. The fraction of sp³-hybridized carbons (Fsp3) is 0.105. The molecule has 25 heavy (non-hydrogen) atoms. The monoisotopic (exact) mass is 350 g/mol. The van der Waals surface area contributed by atoms with Gasteiger partial charge in [0.05, 0.1) is 18.4 Å². The summed E-state index contributed by atoms with van der Waals surface area (Å²) in [7, 11) is 1.31. The molecule has 0 aliphatic heterocycles. The number of furan rings is 1. The van der Waals surface area contributed by atoms with Crippen molar-refractivity contribution >= 4 is 29.0 Å². The Morgan fingerprint density at radius 3 is 2.80 bits per heavy atom. The smallest absolute Gasteiger partial charge is 0.341 e. The molecule has 5 nitrogen and oxygen atoms in total. The van der Waals surface area contributed by atoms with E-state index in [2.05, 4.69) is 11.1 Å². The molecular weight excluding hydrogens is 336 g/mol. The van der Waals surface area contributed by atoms with Gasteiger partial charge in [-0.2, -0.15) is 5.26 Å². The quantitative estimate of drug-likeness (QED) is 0.509. The van der Waals surface area contributed by atoms with E-state index in [0.717, 1.165) is 11.3 Å². The zero-order chi connectivity index (χ0) is 17.8. The van der Waals surface area contributed by atoms with E-state index >= 15 is 0 Å². The Balaban J connectivity index is 1.93. The molecule has 6 heteroatoms. The van der Waals surface area contributed by atoms with Crippen LogP contribution in [0, 0.1) is 18.3 Å². The van der Waals surface area contributed by atoms with Gasteiger partial charge in [-0.25, -0.2) is 9.78 Å². The molecule has 0 fully saturated rings. The Morgan fingerprint density at radius 2 is 2.12 bits per heavy atom. The van der Waals surface area contributed by atoms with Crippen LogP contribution >= 0.6 is 11.3 Å². The van der Waals surface area contributed by atoms with Gasteiger partial charge in [-0.15, -0.1) is 11.3 Å². The molecule has 0 radical (unpaired) electrons. The molecule has 0 saturated carbocycles. The summed E-state index contributed by atoms with van der Waals surface area (Å²) in [6.45, 7) is 1.67. The van der Waals surface area contributed by atoms with E-state index in [1.807, 2.05) is 35.7 Å². The minimum Gasteiger partial charge on any atom is -0.465 e. The standard InChI is InChI=1S/C19H14N2O3S/c1-12-16(19(22)23-2)9-15(24-12)8-14(10-20)18-21-17(11-25-18)13-6-4-3-5-7-13/h3-9,11H,1-2H3. The third-order valence-electron chi connectivity index (χ3n) is 3.55. The summed E-state index contributed by atoms with van der Waals surface area (Å²) in [5.74, 6) is 0.380. The minimum atomic E-state index is -0.472. The van der Waals surface area contributed by atoms with Crippen molar-refractivity contribution in [2.75, 3.05) is 7.11 Å². The predicted molar refractivity (Wildman–Crippen MR) is 95.8 cm³/mol. The maximum atomic E-state index is 11.7. The van der Waals surface area contributed by atoms with Gasteiger partial charge in [0, 0.05) is 17.0 Å². The lowest BCUT2D eigenvalue weighted by Crippen LogP contribution is -2.00. The van der Waals surface area contributed by atoms with Crippen LogP contribution in [0.5, 0.6) is 0 Å². The molecule has 0 bridgehead atoms. The van der Waals surface area contributed by atoms with E-state index < -0.39 is 5.97 Å². The van der Waals surface area contributed by atoms with Crippen LogP contribution in [0.15, 0.2) is 46.2 Å². The minimum absolute atomic E-state index is 0.343. The lowest BCUT2D eigenvalue weighted by Gasteiger charge is -1.94. The van der Waals surface area contributed by atoms with Crippen LogP contribution in [0.1, 0.15) is 26.9 Å². The zero-order valence-electron chi connectivity index (χ0n) is 13.6. The van der Waals surface area contributed by atoms with Gasteiger partial charge in [0.2, 0.25) is 0 Å². The van der Waals surface area contributed by atoms with Crippen LogP contribution in [-0.4, -0.2) is 18.1 Å². The van der Waals surface area contributed by atoms with E-state index in [1.165, 1.54) is 18.4 Å². The zero-order valence-corrected chi connectivity index (χ0v) is 14.5. The Morgan fingerprint density at radius 1 is 1.36 bits per heavy atom. The van der Waals surface area contributed by atoms with Crippen molar-refractivity contribution in [3.8, 4) is 17.3 Å². The highest BCUT2D eigenvalue weighted by molar-refractivity contribution is 7.11. The van der Waals surface area contributed by atoms with E-state index in [9.17, 15) is 10.1 Å². The summed E-state index contributed by atoms with van der Waals surface area (Å²) in [5, 5.41) is 12.0. The summed E-state index contributed by atoms with van der Waals surface area (Å²) >= 11 is 1.38. The summed E-state index contributed by atoms with van der Waals surface area (Å²) in [6.07, 6.45) is 1.58. The summed E-state index contributed by atoms with van der Waals surface area (Å²) < 4.78 is 10.2. The number of nitrogens with zero attached hydrogens (tertiary/aromatic N) is 2. The number of allylic oxidation sites excluding steroid dienone is 1. The molecule has 2 aromatic heterocycles. The molecule has 0 amide bonds. The lowest BCUT2D eigenvalue weighted by atomic mass is 10.2. The third-order valence-corrected chi connectivity index (χ3v) is 4.43. The number of aryl methyl sites for hydroxylation is 1. The molecule has 3 aromatic rings. The number of carbonyl (C=O) groups is 1. The summed E-state index contributed by atoms with van der Waals surface area (Å²) in [5.41, 5.74) is 2.52. The van der Waals surface area contributed by atoms with Gasteiger partial charge >= 0.3 is 5.97 Å². The number of methoxy groups -OCH3 is 1. The van der Waals surface area contributed by atoms with Crippen LogP contribution in [-0.2, 0) is 4.74 Å². The molecule has 0 N–H and O–H groups in total. The number of rotatable bonds is 4. The van der Waals surface area contributed by atoms with Crippen molar-refractivity contribution < 1.29 is 13.9 Å². The molecule has 0 saturated heterocycles. The average Bonchev–Trinajstić information content (AvgIpc) is 3.26. The molecule has 1 aromatic carbocycles. The van der Waals surface area contributed by atoms with Crippen molar-refractivity contribution in [1.29, 1.82) is 5.26 Å². The number of nitriles is 1. The van der Waals surface area contributed by atoms with Crippen molar-refractivity contribution in [3.05, 3.63) is 63.9 Å². The van der Waals surface area contributed by atoms with Crippen molar-refractivity contribution in [2.24, 2.45) is 0 Å². The molecule has 0 aliphatic carbocycles. The van der Waals surface area contributed by atoms with Gasteiger partial charge < -0.3 is 9.15 Å². The van der Waals surface area contributed by atoms with E-state index in [0.29, 0.717) is 27.7 Å². The van der Waals surface area contributed by atoms with Crippen molar-refractivity contribution in [2.45, 2.75) is 6.92 Å². The largest absolute Gasteiger partial charge is 0.465 e. The molecule has 0 atom stereocenters. The number of hydrogen-bond donors (Lipinski definition) is 0. The molecular formula is C19H14N2O3S. The Kier molecular flexibility index (Phi) is 4.78. The van der Waals surface area contributed by atoms with E-state index in [-0.39, 0.29) is 0 Å². The first-order valence-corrected chi connectivity index (χ1v) is 8.32. The van der Waals surface area contributed by atoms with Gasteiger partial charge in [0.15, 0.2) is 0 Å². The van der Waals surface area contributed by atoms with E-state index in [4.69, 9.17) is 9.15 Å². The Hall–Kier alpha value is -3.17. The van der Waals surface area contributed by atoms with Crippen LogP contribution in [0.3, 0.4) is 0 Å². The highest BCUT2D eigenvalue weighted by Gasteiger charge is 2.16. The number of aromatic nitrogens is 1. The normalized spacial score (nSPS) is 11.2.